The molecule has 1 aliphatic rings. The van der Waals surface area contributed by atoms with Crippen molar-refractivity contribution in [2.45, 2.75) is 20.3 Å². The molecule has 0 bridgehead atoms. The van der Waals surface area contributed by atoms with Crippen molar-refractivity contribution >= 4 is 22.6 Å². The van der Waals surface area contributed by atoms with Gasteiger partial charge in [-0.2, -0.15) is 5.10 Å². The Kier molecular flexibility index (Phi) is 4.96. The summed E-state index contributed by atoms with van der Waals surface area (Å²) in [6.45, 7) is 5.20. The number of nitrogens with zero attached hydrogens (tertiary/aromatic N) is 2. The molecular formula is C14H18FN3S. The number of benzene rings is 1. The molecule has 1 aromatic carbocycles. The average Bonchev–Trinajstić information content (AvgIpc) is 2.40. The molecule has 0 unspecified atom stereocenters. The Hall–Kier alpha value is -1.36. The summed E-state index contributed by atoms with van der Waals surface area (Å²) in [6.07, 6.45) is 1.08. The number of rotatable bonds is 4. The first kappa shape index (κ1) is 14.1. The van der Waals surface area contributed by atoms with Gasteiger partial charge in [-0.1, -0.05) is 37.7 Å². The van der Waals surface area contributed by atoms with Crippen molar-refractivity contribution in [2.24, 2.45) is 16.0 Å². The number of hydrogen-bond acceptors (Lipinski definition) is 3. The molecule has 0 aliphatic carbocycles. The van der Waals surface area contributed by atoms with Gasteiger partial charge in [0.25, 0.3) is 0 Å². The molecule has 1 heterocycles. The van der Waals surface area contributed by atoms with Gasteiger partial charge in [0.1, 0.15) is 5.82 Å². The standard InChI is InChI=1S/C14H18FN3S/c1-10(2)7-8-16-14-18-17-13(9-19-14)11-3-5-12(15)6-4-11/h3-6,10H,7-9H2,1-2H3,(H,16,18). The first-order valence-corrected chi connectivity index (χ1v) is 7.39. The molecule has 2 rings (SSSR count). The van der Waals surface area contributed by atoms with Crippen LogP contribution in [0.15, 0.2) is 34.4 Å². The minimum absolute atomic E-state index is 0.225. The molecule has 1 aliphatic heterocycles. The lowest BCUT2D eigenvalue weighted by atomic mass is 10.1. The van der Waals surface area contributed by atoms with Gasteiger partial charge in [-0.15, -0.1) is 0 Å². The van der Waals surface area contributed by atoms with E-state index in [2.05, 4.69) is 29.4 Å². The third-order valence-electron chi connectivity index (χ3n) is 2.77. The first-order chi connectivity index (χ1) is 9.15. The van der Waals surface area contributed by atoms with Crippen LogP contribution in [-0.4, -0.2) is 23.2 Å². The predicted octanol–water partition coefficient (Wildman–Crippen LogP) is 3.27. The fourth-order valence-corrected chi connectivity index (χ4v) is 2.41. The Bertz CT molecular complexity index is 480. The summed E-state index contributed by atoms with van der Waals surface area (Å²) in [5.74, 6) is 1.20. The Morgan fingerprint density at radius 3 is 2.68 bits per heavy atom. The van der Waals surface area contributed by atoms with Crippen LogP contribution >= 0.6 is 11.8 Å². The van der Waals surface area contributed by atoms with Crippen molar-refractivity contribution in [3.63, 3.8) is 0 Å². The number of nitrogens with one attached hydrogen (secondary N) is 1. The highest BCUT2D eigenvalue weighted by Crippen LogP contribution is 2.14. The van der Waals surface area contributed by atoms with Gasteiger partial charge in [0.05, 0.1) is 5.71 Å². The van der Waals surface area contributed by atoms with Gasteiger partial charge in [-0.25, -0.2) is 4.39 Å². The Morgan fingerprint density at radius 1 is 1.37 bits per heavy atom. The van der Waals surface area contributed by atoms with Crippen LogP contribution in [0.2, 0.25) is 0 Å². The molecule has 0 aromatic heterocycles. The highest BCUT2D eigenvalue weighted by Gasteiger charge is 2.12. The van der Waals surface area contributed by atoms with Gasteiger partial charge < -0.3 is 0 Å². The summed E-state index contributed by atoms with van der Waals surface area (Å²) in [5.41, 5.74) is 4.83. The molecule has 1 N–H and O–H groups in total. The van der Waals surface area contributed by atoms with E-state index in [1.165, 1.54) is 12.1 Å². The molecule has 0 fully saturated rings. The zero-order valence-electron chi connectivity index (χ0n) is 11.2. The normalized spacial score (nSPS) is 17.5. The van der Waals surface area contributed by atoms with Gasteiger partial charge in [0.2, 0.25) is 0 Å². The summed E-state index contributed by atoms with van der Waals surface area (Å²) in [6, 6.07) is 6.40. The second kappa shape index (κ2) is 6.70. The highest BCUT2D eigenvalue weighted by molar-refractivity contribution is 8.14. The monoisotopic (exact) mass is 279 g/mol. The molecule has 0 spiro atoms. The predicted molar refractivity (Wildman–Crippen MR) is 80.3 cm³/mol. The van der Waals surface area contributed by atoms with Crippen LogP contribution in [0.1, 0.15) is 25.8 Å². The van der Waals surface area contributed by atoms with Crippen LogP contribution in [0.4, 0.5) is 4.39 Å². The van der Waals surface area contributed by atoms with E-state index in [9.17, 15) is 4.39 Å². The van der Waals surface area contributed by atoms with Crippen LogP contribution in [0, 0.1) is 11.7 Å². The molecule has 0 saturated carbocycles. The zero-order chi connectivity index (χ0) is 13.7. The summed E-state index contributed by atoms with van der Waals surface area (Å²) in [4.78, 5) is 4.47. The summed E-state index contributed by atoms with van der Waals surface area (Å²) in [7, 11) is 0. The van der Waals surface area contributed by atoms with Crippen molar-refractivity contribution in [2.75, 3.05) is 12.3 Å². The summed E-state index contributed by atoms with van der Waals surface area (Å²) < 4.78 is 12.8. The molecule has 0 radical (unpaired) electrons. The van der Waals surface area contributed by atoms with E-state index in [0.29, 0.717) is 5.92 Å². The lowest BCUT2D eigenvalue weighted by Crippen LogP contribution is -2.25. The quantitative estimate of drug-likeness (QED) is 0.918. The van der Waals surface area contributed by atoms with E-state index in [0.717, 1.165) is 35.2 Å². The van der Waals surface area contributed by atoms with Crippen molar-refractivity contribution in [3.05, 3.63) is 35.6 Å². The maximum Gasteiger partial charge on any atom is 0.177 e. The van der Waals surface area contributed by atoms with E-state index in [4.69, 9.17) is 0 Å². The Balaban J connectivity index is 1.94. The fourth-order valence-electron chi connectivity index (χ4n) is 1.61. The number of hydrazone groups is 1. The van der Waals surface area contributed by atoms with Crippen molar-refractivity contribution in [1.82, 2.24) is 5.43 Å². The number of amidine groups is 1. The van der Waals surface area contributed by atoms with Gasteiger partial charge >= 0.3 is 0 Å². The molecule has 5 heteroatoms. The fraction of sp³-hybridized carbons (Fsp3) is 0.429. The van der Waals surface area contributed by atoms with Gasteiger partial charge in [0.15, 0.2) is 5.17 Å². The van der Waals surface area contributed by atoms with Gasteiger partial charge in [0, 0.05) is 12.3 Å². The average molecular weight is 279 g/mol. The molecule has 3 nitrogen and oxygen atoms in total. The van der Waals surface area contributed by atoms with Crippen molar-refractivity contribution in [1.29, 1.82) is 0 Å². The molecule has 0 atom stereocenters. The molecular weight excluding hydrogens is 261 g/mol. The zero-order valence-corrected chi connectivity index (χ0v) is 12.0. The first-order valence-electron chi connectivity index (χ1n) is 6.41. The van der Waals surface area contributed by atoms with Crippen LogP contribution in [0.5, 0.6) is 0 Å². The largest absolute Gasteiger partial charge is 0.261 e. The topological polar surface area (TPSA) is 36.8 Å². The van der Waals surface area contributed by atoms with E-state index in [-0.39, 0.29) is 5.82 Å². The molecule has 1 aromatic rings. The van der Waals surface area contributed by atoms with Crippen LogP contribution in [0.25, 0.3) is 0 Å². The Morgan fingerprint density at radius 2 is 2.11 bits per heavy atom. The number of halogens is 1. The second-order valence-corrected chi connectivity index (χ2v) is 5.80. The van der Waals surface area contributed by atoms with Crippen LogP contribution in [0.3, 0.4) is 0 Å². The van der Waals surface area contributed by atoms with Gasteiger partial charge in [-0.05, 0) is 30.0 Å². The number of aliphatic imine (C=N–C) groups is 1. The minimum atomic E-state index is -0.225. The second-order valence-electron chi connectivity index (χ2n) is 4.84. The summed E-state index contributed by atoms with van der Waals surface area (Å²) in [5, 5.41) is 5.17. The molecule has 19 heavy (non-hydrogen) atoms. The van der Waals surface area contributed by atoms with Crippen LogP contribution < -0.4 is 5.43 Å². The molecule has 102 valence electrons. The molecule has 0 saturated heterocycles. The smallest absolute Gasteiger partial charge is 0.177 e. The third kappa shape index (κ3) is 4.35. The van der Waals surface area contributed by atoms with Crippen LogP contribution in [-0.2, 0) is 0 Å². The van der Waals surface area contributed by atoms with E-state index < -0.39 is 0 Å². The van der Waals surface area contributed by atoms with E-state index in [1.54, 1.807) is 23.9 Å². The highest BCUT2D eigenvalue weighted by atomic mass is 32.2. The molecule has 0 amide bonds. The minimum Gasteiger partial charge on any atom is -0.261 e. The van der Waals surface area contributed by atoms with Crippen molar-refractivity contribution in [3.8, 4) is 0 Å². The van der Waals surface area contributed by atoms with Crippen molar-refractivity contribution < 1.29 is 4.39 Å². The summed E-state index contributed by atoms with van der Waals surface area (Å²) >= 11 is 1.64. The van der Waals surface area contributed by atoms with Gasteiger partial charge in [-0.3, -0.25) is 10.4 Å². The Labute approximate surface area is 117 Å². The number of hydrogen-bond donors (Lipinski definition) is 1. The third-order valence-corrected chi connectivity index (χ3v) is 3.68. The van der Waals surface area contributed by atoms with E-state index >= 15 is 0 Å². The lowest BCUT2D eigenvalue weighted by molar-refractivity contribution is 0.596. The lowest BCUT2D eigenvalue weighted by Gasteiger charge is -2.15. The number of thioether (sulfide) groups is 1. The maximum atomic E-state index is 12.8. The SMILES string of the molecule is CC(C)CCN=C1NN=C(c2ccc(F)cc2)CS1. The maximum absolute atomic E-state index is 12.8. The van der Waals surface area contributed by atoms with E-state index in [1.807, 2.05) is 0 Å².